The molecule has 7 heteroatoms. The van der Waals surface area contributed by atoms with Gasteiger partial charge in [-0.3, -0.25) is 9.89 Å². The molecule has 0 aromatic carbocycles. The molecule has 1 amide bonds. The number of aromatic nitrogens is 2. The molecule has 3 heterocycles. The van der Waals surface area contributed by atoms with Crippen molar-refractivity contribution in [1.82, 2.24) is 20.0 Å². The van der Waals surface area contributed by atoms with E-state index < -0.39 is 0 Å². The summed E-state index contributed by atoms with van der Waals surface area (Å²) < 4.78 is 0. The van der Waals surface area contributed by atoms with Crippen molar-refractivity contribution in [1.29, 1.82) is 0 Å². The highest BCUT2D eigenvalue weighted by atomic mass is 35.5. The third kappa shape index (κ3) is 2.94. The van der Waals surface area contributed by atoms with Crippen molar-refractivity contribution < 1.29 is 4.79 Å². The van der Waals surface area contributed by atoms with Crippen LogP contribution in [0.1, 0.15) is 42.6 Å². The number of rotatable bonds is 3. The predicted molar refractivity (Wildman–Crippen MR) is 89.4 cm³/mol. The zero-order valence-corrected chi connectivity index (χ0v) is 14.1. The lowest BCUT2D eigenvalue weighted by Gasteiger charge is -2.40. The minimum Gasteiger partial charge on any atom is -0.381 e. The van der Waals surface area contributed by atoms with Gasteiger partial charge in [0.1, 0.15) is 10.7 Å². The Morgan fingerprint density at radius 3 is 2.87 bits per heavy atom. The van der Waals surface area contributed by atoms with Crippen LogP contribution in [-0.2, 0) is 0 Å². The van der Waals surface area contributed by atoms with Crippen molar-refractivity contribution in [2.75, 3.05) is 38.5 Å². The van der Waals surface area contributed by atoms with Gasteiger partial charge in [0.15, 0.2) is 5.82 Å². The van der Waals surface area contributed by atoms with Gasteiger partial charge in [-0.15, -0.1) is 0 Å². The first-order valence-corrected chi connectivity index (χ1v) is 8.95. The molecule has 6 nitrogen and oxygen atoms in total. The van der Waals surface area contributed by atoms with E-state index in [0.29, 0.717) is 5.69 Å². The Kier molecular flexibility index (Phi) is 3.76. The molecule has 2 aliphatic heterocycles. The molecule has 3 fully saturated rings. The molecule has 1 unspecified atom stereocenters. The van der Waals surface area contributed by atoms with Gasteiger partial charge < -0.3 is 15.5 Å². The third-order valence-electron chi connectivity index (χ3n) is 5.63. The maximum Gasteiger partial charge on any atom is 0.273 e. The second-order valence-corrected chi connectivity index (χ2v) is 7.93. The molecule has 3 N–H and O–H groups in total. The molecule has 126 valence electrons. The van der Waals surface area contributed by atoms with Gasteiger partial charge in [-0.2, -0.15) is 5.10 Å². The molecule has 1 spiro atoms. The number of halogens is 1. The van der Waals surface area contributed by atoms with Crippen molar-refractivity contribution >= 4 is 23.3 Å². The van der Waals surface area contributed by atoms with Crippen LogP contribution in [0.5, 0.6) is 0 Å². The molecular formula is C16H24ClN5O. The van der Waals surface area contributed by atoms with Crippen molar-refractivity contribution in [2.24, 2.45) is 11.3 Å². The number of carbonyl (C=O) groups excluding carboxylic acids is 1. The number of hydrogen-bond acceptors (Lipinski definition) is 4. The first-order valence-electron chi connectivity index (χ1n) is 8.57. The zero-order valence-electron chi connectivity index (χ0n) is 13.4. The second-order valence-electron chi connectivity index (χ2n) is 7.56. The second kappa shape index (κ2) is 5.67. The number of amides is 1. The number of anilines is 1. The summed E-state index contributed by atoms with van der Waals surface area (Å²) in [6, 6.07) is 0. The summed E-state index contributed by atoms with van der Waals surface area (Å²) in [4.78, 5) is 17.2. The minimum atomic E-state index is -0.0737. The normalized spacial score (nSPS) is 28.7. The van der Waals surface area contributed by atoms with Crippen LogP contribution >= 0.6 is 11.6 Å². The van der Waals surface area contributed by atoms with E-state index in [1.165, 1.54) is 38.8 Å². The lowest BCUT2D eigenvalue weighted by molar-refractivity contribution is 0.0677. The van der Waals surface area contributed by atoms with E-state index in [-0.39, 0.29) is 22.2 Å². The number of nitrogen functional groups attached to an aromatic ring is 1. The van der Waals surface area contributed by atoms with Crippen molar-refractivity contribution in [3.63, 3.8) is 0 Å². The Hall–Kier alpha value is -1.27. The smallest absolute Gasteiger partial charge is 0.273 e. The Morgan fingerprint density at radius 2 is 2.17 bits per heavy atom. The molecule has 4 rings (SSSR count). The summed E-state index contributed by atoms with van der Waals surface area (Å²) in [7, 11) is 0. The number of hydrogen-bond donors (Lipinski definition) is 2. The van der Waals surface area contributed by atoms with E-state index in [4.69, 9.17) is 17.3 Å². The van der Waals surface area contributed by atoms with Crippen LogP contribution in [0.2, 0.25) is 5.02 Å². The van der Waals surface area contributed by atoms with E-state index in [9.17, 15) is 4.79 Å². The lowest BCUT2D eigenvalue weighted by atomic mass is 9.79. The van der Waals surface area contributed by atoms with E-state index in [0.717, 1.165) is 32.0 Å². The summed E-state index contributed by atoms with van der Waals surface area (Å²) in [6.07, 6.45) is 6.34. The molecular weight excluding hydrogens is 314 g/mol. The van der Waals surface area contributed by atoms with Crippen LogP contribution in [-0.4, -0.2) is 58.6 Å². The van der Waals surface area contributed by atoms with Crippen LogP contribution in [0, 0.1) is 11.3 Å². The number of carbonyl (C=O) groups is 1. The summed E-state index contributed by atoms with van der Waals surface area (Å²) >= 11 is 6.07. The lowest BCUT2D eigenvalue weighted by Crippen LogP contribution is -2.46. The van der Waals surface area contributed by atoms with Gasteiger partial charge in [0.05, 0.1) is 0 Å². The highest BCUT2D eigenvalue weighted by Gasteiger charge is 2.44. The molecule has 2 saturated heterocycles. The van der Waals surface area contributed by atoms with Crippen LogP contribution < -0.4 is 5.73 Å². The Bertz CT molecular complexity index is 614. The van der Waals surface area contributed by atoms with Crippen LogP contribution in [0.3, 0.4) is 0 Å². The number of likely N-dealkylation sites (tertiary alicyclic amines) is 2. The average molecular weight is 338 g/mol. The molecule has 1 atom stereocenters. The Balaban J connectivity index is 1.43. The highest BCUT2D eigenvalue weighted by Crippen LogP contribution is 2.41. The fourth-order valence-corrected chi connectivity index (χ4v) is 4.38. The molecule has 0 bridgehead atoms. The number of piperidine rings is 1. The van der Waals surface area contributed by atoms with Crippen molar-refractivity contribution in [2.45, 2.75) is 32.1 Å². The number of nitrogens with zero attached hydrogens (tertiary/aromatic N) is 3. The van der Waals surface area contributed by atoms with E-state index in [2.05, 4.69) is 15.1 Å². The van der Waals surface area contributed by atoms with Gasteiger partial charge >= 0.3 is 0 Å². The monoisotopic (exact) mass is 337 g/mol. The Morgan fingerprint density at radius 1 is 1.35 bits per heavy atom. The standard InChI is InChI=1S/C16H24ClN5O/c17-12-13(19-20-14(12)18)15(23)22-7-5-16(10-22)4-1-6-21(9-16)8-11-2-3-11/h11H,1-10H2,(H3,18,19,20). The summed E-state index contributed by atoms with van der Waals surface area (Å²) in [5, 5.41) is 6.75. The number of nitrogens with one attached hydrogen (secondary N) is 1. The first-order chi connectivity index (χ1) is 11.1. The molecule has 1 aliphatic carbocycles. The summed E-state index contributed by atoms with van der Waals surface area (Å²) in [5.74, 6) is 1.05. The average Bonchev–Trinajstić information content (AvgIpc) is 3.17. The fraction of sp³-hybridized carbons (Fsp3) is 0.750. The van der Waals surface area contributed by atoms with Crippen LogP contribution in [0.4, 0.5) is 5.82 Å². The molecule has 0 radical (unpaired) electrons. The van der Waals surface area contributed by atoms with E-state index in [1.807, 2.05) is 4.90 Å². The molecule has 1 aromatic heterocycles. The van der Waals surface area contributed by atoms with Gasteiger partial charge in [0, 0.05) is 31.6 Å². The number of H-pyrrole nitrogens is 1. The topological polar surface area (TPSA) is 78.2 Å². The number of aromatic amines is 1. The first kappa shape index (κ1) is 15.3. The van der Waals surface area contributed by atoms with Crippen molar-refractivity contribution in [3.8, 4) is 0 Å². The van der Waals surface area contributed by atoms with Gasteiger partial charge in [-0.05, 0) is 44.6 Å². The Labute approximate surface area is 141 Å². The quantitative estimate of drug-likeness (QED) is 0.884. The zero-order chi connectivity index (χ0) is 16.0. The van der Waals surface area contributed by atoms with E-state index in [1.54, 1.807) is 0 Å². The molecule has 1 saturated carbocycles. The predicted octanol–water partition coefficient (Wildman–Crippen LogP) is 1.98. The SMILES string of the molecule is Nc1n[nH]c(C(=O)N2CCC3(CCCN(CC4CC4)C3)C2)c1Cl. The molecule has 1 aromatic rings. The maximum atomic E-state index is 12.7. The van der Waals surface area contributed by atoms with Gasteiger partial charge in [-0.1, -0.05) is 11.6 Å². The maximum absolute atomic E-state index is 12.7. The summed E-state index contributed by atoms with van der Waals surface area (Å²) in [5.41, 5.74) is 6.22. The largest absolute Gasteiger partial charge is 0.381 e. The molecule has 23 heavy (non-hydrogen) atoms. The van der Waals surface area contributed by atoms with Crippen LogP contribution in [0.25, 0.3) is 0 Å². The van der Waals surface area contributed by atoms with E-state index >= 15 is 0 Å². The minimum absolute atomic E-state index is 0.0737. The van der Waals surface area contributed by atoms with Crippen LogP contribution in [0.15, 0.2) is 0 Å². The summed E-state index contributed by atoms with van der Waals surface area (Å²) in [6.45, 7) is 5.22. The molecule has 3 aliphatic rings. The number of nitrogens with two attached hydrogens (primary N) is 1. The highest BCUT2D eigenvalue weighted by molar-refractivity contribution is 6.35. The van der Waals surface area contributed by atoms with Gasteiger partial charge in [0.2, 0.25) is 0 Å². The third-order valence-corrected chi connectivity index (χ3v) is 6.01. The fourth-order valence-electron chi connectivity index (χ4n) is 4.22. The van der Waals surface area contributed by atoms with Gasteiger partial charge in [-0.25, -0.2) is 0 Å². The van der Waals surface area contributed by atoms with Crippen molar-refractivity contribution in [3.05, 3.63) is 10.7 Å². The van der Waals surface area contributed by atoms with Gasteiger partial charge in [0.25, 0.3) is 5.91 Å².